The molecule has 1 heterocycles. The predicted octanol–water partition coefficient (Wildman–Crippen LogP) is 0.316. The van der Waals surface area contributed by atoms with Crippen LogP contribution in [0.25, 0.3) is 0 Å². The molecule has 8 heteroatoms. The number of nitrogens with one attached hydrogen (secondary N) is 1. The van der Waals surface area contributed by atoms with Crippen LogP contribution in [-0.2, 0) is 11.0 Å². The Hall–Kier alpha value is -2.12. The van der Waals surface area contributed by atoms with E-state index in [9.17, 15) is 22.8 Å². The summed E-state index contributed by atoms with van der Waals surface area (Å²) in [6, 6.07) is 1.64. The van der Waals surface area contributed by atoms with E-state index in [0.29, 0.717) is 6.07 Å². The number of nitrogens with two attached hydrogens (primary N) is 1. The van der Waals surface area contributed by atoms with Crippen molar-refractivity contribution in [3.63, 3.8) is 0 Å². The predicted molar refractivity (Wildman–Crippen MR) is 50.8 cm³/mol. The number of amides is 2. The average Bonchev–Trinajstić information content (AvgIpc) is 2.25. The van der Waals surface area contributed by atoms with Crippen LogP contribution in [0, 0.1) is 0 Å². The maximum absolute atomic E-state index is 12.2. The molecule has 0 unspecified atom stereocenters. The summed E-state index contributed by atoms with van der Waals surface area (Å²) >= 11 is 0. The minimum atomic E-state index is -4.55. The summed E-state index contributed by atoms with van der Waals surface area (Å²) in [5.41, 5.74) is 3.60. The van der Waals surface area contributed by atoms with Crippen molar-refractivity contribution in [2.45, 2.75) is 6.18 Å². The minimum absolute atomic E-state index is 0.0840. The number of carbonyl (C=O) groups excluding carboxylic acids is 2. The van der Waals surface area contributed by atoms with Crippen molar-refractivity contribution in [1.82, 2.24) is 10.3 Å². The van der Waals surface area contributed by atoms with Gasteiger partial charge in [0.1, 0.15) is 5.69 Å². The molecule has 0 bridgehead atoms. The molecule has 0 fully saturated rings. The van der Waals surface area contributed by atoms with E-state index in [1.54, 1.807) is 0 Å². The molecule has 0 atom stereocenters. The van der Waals surface area contributed by atoms with Crippen LogP contribution in [0.15, 0.2) is 18.3 Å². The summed E-state index contributed by atoms with van der Waals surface area (Å²) in [6.07, 6.45) is -3.78. The van der Waals surface area contributed by atoms with Crippen molar-refractivity contribution in [1.29, 1.82) is 0 Å². The fraction of sp³-hybridized carbons (Fsp3) is 0.222. The largest absolute Gasteiger partial charge is 0.433 e. The highest BCUT2D eigenvalue weighted by molar-refractivity contribution is 5.95. The highest BCUT2D eigenvalue weighted by Crippen LogP contribution is 2.27. The first kappa shape index (κ1) is 12.9. The molecule has 1 aromatic rings. The van der Waals surface area contributed by atoms with Gasteiger partial charge < -0.3 is 11.1 Å². The third kappa shape index (κ3) is 3.74. The second-order valence-corrected chi connectivity index (χ2v) is 3.08. The lowest BCUT2D eigenvalue weighted by molar-refractivity contribution is -0.141. The first-order valence-corrected chi connectivity index (χ1v) is 4.40. The normalized spacial score (nSPS) is 11.0. The summed E-state index contributed by atoms with van der Waals surface area (Å²) in [5.74, 6) is -1.47. The van der Waals surface area contributed by atoms with Crippen LogP contribution >= 0.6 is 0 Å². The number of alkyl halides is 3. The molecular weight excluding hydrogens is 239 g/mol. The van der Waals surface area contributed by atoms with Crippen molar-refractivity contribution in [3.8, 4) is 0 Å². The molecule has 0 spiro atoms. The molecule has 0 saturated carbocycles. The number of nitrogens with zero attached hydrogens (tertiary/aromatic N) is 1. The van der Waals surface area contributed by atoms with Gasteiger partial charge in [0.2, 0.25) is 5.91 Å². The SMILES string of the molecule is NC(=O)CNC(=O)c1ccc(C(F)(F)F)nc1. The molecule has 0 aliphatic rings. The fourth-order valence-corrected chi connectivity index (χ4v) is 0.965. The van der Waals surface area contributed by atoms with E-state index in [2.05, 4.69) is 10.3 Å². The average molecular weight is 247 g/mol. The molecule has 0 aromatic carbocycles. The first-order valence-electron chi connectivity index (χ1n) is 4.40. The van der Waals surface area contributed by atoms with Crippen molar-refractivity contribution in [2.24, 2.45) is 5.73 Å². The van der Waals surface area contributed by atoms with Crippen LogP contribution in [0.2, 0.25) is 0 Å². The summed E-state index contributed by atoms with van der Waals surface area (Å²) in [5, 5.41) is 2.12. The van der Waals surface area contributed by atoms with Gasteiger partial charge in [-0.25, -0.2) is 0 Å². The number of carbonyl (C=O) groups is 2. The Morgan fingerprint density at radius 2 is 2.00 bits per heavy atom. The molecule has 0 saturated heterocycles. The number of rotatable bonds is 3. The van der Waals surface area contributed by atoms with Gasteiger partial charge in [-0.15, -0.1) is 0 Å². The summed E-state index contributed by atoms with van der Waals surface area (Å²) in [6.45, 7) is -0.389. The van der Waals surface area contributed by atoms with Gasteiger partial charge in [0.25, 0.3) is 5.91 Å². The summed E-state index contributed by atoms with van der Waals surface area (Å²) in [4.78, 5) is 24.7. The molecule has 3 N–H and O–H groups in total. The van der Waals surface area contributed by atoms with E-state index in [0.717, 1.165) is 12.3 Å². The number of halogens is 3. The Labute approximate surface area is 93.8 Å². The summed E-state index contributed by atoms with van der Waals surface area (Å²) in [7, 11) is 0. The van der Waals surface area contributed by atoms with Gasteiger partial charge in [0.05, 0.1) is 12.1 Å². The van der Waals surface area contributed by atoms with E-state index in [1.165, 1.54) is 0 Å². The minimum Gasteiger partial charge on any atom is -0.368 e. The van der Waals surface area contributed by atoms with E-state index < -0.39 is 23.7 Å². The molecule has 0 aliphatic heterocycles. The third-order valence-electron chi connectivity index (χ3n) is 1.74. The van der Waals surface area contributed by atoms with Crippen molar-refractivity contribution in [3.05, 3.63) is 29.6 Å². The Balaban J connectivity index is 2.74. The van der Waals surface area contributed by atoms with Crippen LogP contribution < -0.4 is 11.1 Å². The molecule has 1 aromatic heterocycles. The van der Waals surface area contributed by atoms with Gasteiger partial charge in [-0.2, -0.15) is 13.2 Å². The standard InChI is InChI=1S/C9H8F3N3O2/c10-9(11,12)6-2-1-5(3-14-6)8(17)15-4-7(13)16/h1-3H,4H2,(H2,13,16)(H,15,17). The van der Waals surface area contributed by atoms with Crippen molar-refractivity contribution >= 4 is 11.8 Å². The monoisotopic (exact) mass is 247 g/mol. The maximum Gasteiger partial charge on any atom is 0.433 e. The number of aromatic nitrogens is 1. The molecule has 0 radical (unpaired) electrons. The Kier molecular flexibility index (Phi) is 3.66. The van der Waals surface area contributed by atoms with Crippen LogP contribution in [0.4, 0.5) is 13.2 Å². The van der Waals surface area contributed by atoms with Crippen LogP contribution in [0.3, 0.4) is 0 Å². The molecule has 92 valence electrons. The molecule has 17 heavy (non-hydrogen) atoms. The van der Waals surface area contributed by atoms with Crippen molar-refractivity contribution in [2.75, 3.05) is 6.54 Å². The van der Waals surface area contributed by atoms with Gasteiger partial charge in [-0.3, -0.25) is 14.6 Å². The number of hydrogen-bond donors (Lipinski definition) is 2. The van der Waals surface area contributed by atoms with Gasteiger partial charge in [-0.05, 0) is 12.1 Å². The Morgan fingerprint density at radius 3 is 2.41 bits per heavy atom. The van der Waals surface area contributed by atoms with Gasteiger partial charge in [-0.1, -0.05) is 0 Å². The topological polar surface area (TPSA) is 85.1 Å². The van der Waals surface area contributed by atoms with Gasteiger partial charge in [0, 0.05) is 6.20 Å². The number of hydrogen-bond acceptors (Lipinski definition) is 3. The molecule has 0 aliphatic carbocycles. The molecule has 1 rings (SSSR count). The lowest BCUT2D eigenvalue weighted by Crippen LogP contribution is -2.33. The van der Waals surface area contributed by atoms with Crippen molar-refractivity contribution < 1.29 is 22.8 Å². The molecule has 5 nitrogen and oxygen atoms in total. The lowest BCUT2D eigenvalue weighted by atomic mass is 10.2. The highest BCUT2D eigenvalue weighted by Gasteiger charge is 2.32. The van der Waals surface area contributed by atoms with E-state index in [-0.39, 0.29) is 12.1 Å². The summed E-state index contributed by atoms with van der Waals surface area (Å²) < 4.78 is 36.5. The zero-order valence-electron chi connectivity index (χ0n) is 8.41. The first-order chi connectivity index (χ1) is 7.80. The Bertz CT molecular complexity index is 428. The third-order valence-corrected chi connectivity index (χ3v) is 1.74. The molecule has 2 amide bonds. The highest BCUT2D eigenvalue weighted by atomic mass is 19.4. The Morgan fingerprint density at radius 1 is 1.35 bits per heavy atom. The van der Waals surface area contributed by atoms with Gasteiger partial charge >= 0.3 is 6.18 Å². The quantitative estimate of drug-likeness (QED) is 0.806. The maximum atomic E-state index is 12.2. The second-order valence-electron chi connectivity index (χ2n) is 3.08. The number of primary amides is 1. The molecular formula is C9H8F3N3O2. The lowest BCUT2D eigenvalue weighted by Gasteiger charge is -2.06. The van der Waals surface area contributed by atoms with Gasteiger partial charge in [0.15, 0.2) is 0 Å². The zero-order chi connectivity index (χ0) is 13.1. The number of pyridine rings is 1. The van der Waals surface area contributed by atoms with E-state index >= 15 is 0 Å². The fourth-order valence-electron chi connectivity index (χ4n) is 0.965. The van der Waals surface area contributed by atoms with E-state index in [4.69, 9.17) is 5.73 Å². The second kappa shape index (κ2) is 4.81. The van der Waals surface area contributed by atoms with E-state index in [1.807, 2.05) is 0 Å². The van der Waals surface area contributed by atoms with Crippen LogP contribution in [0.1, 0.15) is 16.1 Å². The van der Waals surface area contributed by atoms with Crippen LogP contribution in [-0.4, -0.2) is 23.3 Å². The smallest absolute Gasteiger partial charge is 0.368 e. The zero-order valence-corrected chi connectivity index (χ0v) is 8.41. The van der Waals surface area contributed by atoms with Crippen LogP contribution in [0.5, 0.6) is 0 Å².